The monoisotopic (exact) mass is 529 g/mol. The molecule has 4 heterocycles. The van der Waals surface area contributed by atoms with Crippen LogP contribution in [0.4, 0.5) is 5.82 Å². The molecular weight excluding hydrogens is 498 g/mol. The fraction of sp³-hybridized carbons (Fsp3) is 0.462. The molecule has 2 N–H and O–H groups in total. The van der Waals surface area contributed by atoms with Crippen LogP contribution in [0.2, 0.25) is 5.15 Å². The Kier molecular flexibility index (Phi) is 8.74. The fourth-order valence-electron chi connectivity index (χ4n) is 4.60. The molecule has 10 heteroatoms. The lowest BCUT2D eigenvalue weighted by Crippen LogP contribution is -2.36. The van der Waals surface area contributed by atoms with Gasteiger partial charge in [-0.1, -0.05) is 17.7 Å². The van der Waals surface area contributed by atoms with Crippen LogP contribution in [-0.4, -0.2) is 52.4 Å². The number of nitrogens with zero attached hydrogens (tertiary/aromatic N) is 3. The summed E-state index contributed by atoms with van der Waals surface area (Å²) < 4.78 is 8.41. The van der Waals surface area contributed by atoms with Crippen molar-refractivity contribution in [3.63, 3.8) is 0 Å². The number of aromatic nitrogens is 2. The Labute approximate surface area is 221 Å². The lowest BCUT2D eigenvalue weighted by atomic mass is 9.93. The average Bonchev–Trinajstić information content (AvgIpc) is 3.19. The molecule has 0 saturated carbocycles. The Morgan fingerprint density at radius 2 is 2.17 bits per heavy atom. The Hall–Kier alpha value is -2.78. The summed E-state index contributed by atoms with van der Waals surface area (Å²) in [5.74, 6) is 1.64. The maximum Gasteiger partial charge on any atom is 0.264 e. The molecule has 2 aromatic heterocycles. The van der Waals surface area contributed by atoms with Crippen molar-refractivity contribution in [3.8, 4) is 0 Å². The molecule has 1 atom stereocenters. The molecule has 2 aliphatic heterocycles. The second-order valence-electron chi connectivity index (χ2n) is 9.70. The molecule has 1 saturated heterocycles. The van der Waals surface area contributed by atoms with E-state index in [9.17, 15) is 9.59 Å². The number of allylic oxidation sites excluding steroid dienone is 1. The summed E-state index contributed by atoms with van der Waals surface area (Å²) >= 11 is 7.42. The van der Waals surface area contributed by atoms with Crippen LogP contribution in [0.1, 0.15) is 62.0 Å². The SMILES string of the molecule is CC1(C)CC(CCCNc2cccc(SNC(=O)c3ccc(C4=CCCCO4)nc3Cl)n2)CN1C=O. The Morgan fingerprint density at radius 3 is 2.89 bits per heavy atom. The van der Waals surface area contributed by atoms with Gasteiger partial charge in [0.05, 0.1) is 12.2 Å². The van der Waals surface area contributed by atoms with Gasteiger partial charge in [0.2, 0.25) is 6.41 Å². The summed E-state index contributed by atoms with van der Waals surface area (Å²) in [6.45, 7) is 6.52. The lowest BCUT2D eigenvalue weighted by Gasteiger charge is -2.27. The van der Waals surface area contributed by atoms with E-state index in [2.05, 4.69) is 33.9 Å². The zero-order valence-corrected chi connectivity index (χ0v) is 22.2. The van der Waals surface area contributed by atoms with E-state index in [1.807, 2.05) is 29.2 Å². The van der Waals surface area contributed by atoms with Crippen molar-refractivity contribution in [2.45, 2.75) is 56.5 Å². The smallest absolute Gasteiger partial charge is 0.264 e. The van der Waals surface area contributed by atoms with Crippen LogP contribution in [0, 0.1) is 5.92 Å². The maximum atomic E-state index is 12.7. The molecule has 0 bridgehead atoms. The third-order valence-electron chi connectivity index (χ3n) is 6.50. The van der Waals surface area contributed by atoms with Gasteiger partial charge in [0.15, 0.2) is 0 Å². The van der Waals surface area contributed by atoms with Crippen molar-refractivity contribution in [1.82, 2.24) is 19.6 Å². The molecule has 2 aliphatic rings. The van der Waals surface area contributed by atoms with Crippen molar-refractivity contribution >= 4 is 47.4 Å². The first-order valence-corrected chi connectivity index (χ1v) is 13.5. The molecule has 2 amide bonds. The number of hydrogen-bond donors (Lipinski definition) is 2. The van der Waals surface area contributed by atoms with Gasteiger partial charge in [0.25, 0.3) is 5.91 Å². The van der Waals surface area contributed by atoms with Crippen LogP contribution in [0.15, 0.2) is 41.4 Å². The quantitative estimate of drug-likeness (QED) is 0.190. The lowest BCUT2D eigenvalue weighted by molar-refractivity contribution is -0.120. The first kappa shape index (κ1) is 26.3. The standard InChI is InChI=1S/C26H32ClN5O3S/c1-26(2)15-18(16-32(26)17-33)7-6-13-28-22-9-5-10-23(30-22)36-31-25(34)19-11-12-20(29-24(19)27)21-8-3-4-14-35-21/h5,8-12,17-18H,3-4,6-7,13-16H2,1-2H3,(H,28,30)(H,31,34). The number of carbonyl (C=O) groups is 2. The van der Waals surface area contributed by atoms with Gasteiger partial charge in [-0.3, -0.25) is 14.3 Å². The minimum atomic E-state index is -0.341. The summed E-state index contributed by atoms with van der Waals surface area (Å²) in [6, 6.07) is 9.03. The second kappa shape index (κ2) is 12.0. The van der Waals surface area contributed by atoms with E-state index in [0.29, 0.717) is 34.6 Å². The molecule has 0 radical (unpaired) electrons. The van der Waals surface area contributed by atoms with Crippen molar-refractivity contribution < 1.29 is 14.3 Å². The predicted molar refractivity (Wildman–Crippen MR) is 143 cm³/mol. The number of ether oxygens (including phenoxy) is 1. The van der Waals surface area contributed by atoms with E-state index in [4.69, 9.17) is 16.3 Å². The van der Waals surface area contributed by atoms with E-state index >= 15 is 0 Å². The van der Waals surface area contributed by atoms with Gasteiger partial charge in [-0.25, -0.2) is 9.97 Å². The van der Waals surface area contributed by atoms with Gasteiger partial charge < -0.3 is 15.0 Å². The van der Waals surface area contributed by atoms with E-state index < -0.39 is 0 Å². The van der Waals surface area contributed by atoms with Gasteiger partial charge in [0, 0.05) is 30.6 Å². The van der Waals surface area contributed by atoms with Gasteiger partial charge in [-0.05, 0) is 82.2 Å². The number of pyridine rings is 2. The highest BCUT2D eigenvalue weighted by Gasteiger charge is 2.36. The molecule has 0 spiro atoms. The van der Waals surface area contributed by atoms with Crippen LogP contribution >= 0.6 is 23.5 Å². The van der Waals surface area contributed by atoms with Gasteiger partial charge in [-0.15, -0.1) is 0 Å². The molecule has 1 unspecified atom stereocenters. The minimum absolute atomic E-state index is 0.0545. The molecule has 2 aromatic rings. The summed E-state index contributed by atoms with van der Waals surface area (Å²) in [4.78, 5) is 34.7. The largest absolute Gasteiger partial charge is 0.492 e. The molecule has 192 valence electrons. The van der Waals surface area contributed by atoms with E-state index in [1.165, 1.54) is 0 Å². The van der Waals surface area contributed by atoms with Crippen molar-refractivity contribution in [1.29, 1.82) is 0 Å². The summed E-state index contributed by atoms with van der Waals surface area (Å²) in [5.41, 5.74) is 0.866. The Bertz CT molecular complexity index is 1130. The van der Waals surface area contributed by atoms with Crippen LogP contribution in [0.5, 0.6) is 0 Å². The number of halogens is 1. The van der Waals surface area contributed by atoms with Gasteiger partial charge in [-0.2, -0.15) is 0 Å². The zero-order chi connectivity index (χ0) is 25.5. The fourth-order valence-corrected chi connectivity index (χ4v) is 5.44. The first-order valence-electron chi connectivity index (χ1n) is 12.3. The summed E-state index contributed by atoms with van der Waals surface area (Å²) in [6.07, 6.45) is 7.96. The molecular formula is C26H32ClN5O3S. The highest BCUT2D eigenvalue weighted by Crippen LogP contribution is 2.33. The Balaban J connectivity index is 1.24. The molecule has 0 aliphatic carbocycles. The second-order valence-corrected chi connectivity index (χ2v) is 10.9. The number of likely N-dealkylation sites (tertiary alicyclic amines) is 1. The van der Waals surface area contributed by atoms with Crippen LogP contribution in [0.3, 0.4) is 0 Å². The topological polar surface area (TPSA) is 96.4 Å². The number of nitrogens with one attached hydrogen (secondary N) is 2. The Morgan fingerprint density at radius 1 is 1.31 bits per heavy atom. The number of anilines is 1. The molecule has 1 fully saturated rings. The van der Waals surface area contributed by atoms with Gasteiger partial charge >= 0.3 is 0 Å². The van der Waals surface area contributed by atoms with Crippen molar-refractivity contribution in [3.05, 3.63) is 52.8 Å². The number of carbonyl (C=O) groups excluding carboxylic acids is 2. The highest BCUT2D eigenvalue weighted by molar-refractivity contribution is 7.97. The third-order valence-corrected chi connectivity index (χ3v) is 7.51. The third kappa shape index (κ3) is 6.70. The van der Waals surface area contributed by atoms with Crippen LogP contribution in [-0.2, 0) is 9.53 Å². The number of amides is 2. The van der Waals surface area contributed by atoms with E-state index in [-0.39, 0.29) is 16.6 Å². The molecule has 8 nitrogen and oxygen atoms in total. The highest BCUT2D eigenvalue weighted by atomic mass is 35.5. The minimum Gasteiger partial charge on any atom is -0.492 e. The molecule has 0 aromatic carbocycles. The summed E-state index contributed by atoms with van der Waals surface area (Å²) in [7, 11) is 0. The molecule has 36 heavy (non-hydrogen) atoms. The van der Waals surface area contributed by atoms with Crippen molar-refractivity contribution in [2.24, 2.45) is 5.92 Å². The normalized spacial score (nSPS) is 18.8. The predicted octanol–water partition coefficient (Wildman–Crippen LogP) is 5.17. The maximum absolute atomic E-state index is 12.7. The zero-order valence-electron chi connectivity index (χ0n) is 20.6. The summed E-state index contributed by atoms with van der Waals surface area (Å²) in [5, 5.41) is 4.14. The number of hydrogen-bond acceptors (Lipinski definition) is 7. The first-order chi connectivity index (χ1) is 17.4. The van der Waals surface area contributed by atoms with Crippen molar-refractivity contribution in [2.75, 3.05) is 25.0 Å². The van der Waals surface area contributed by atoms with Crippen LogP contribution < -0.4 is 10.0 Å². The van der Waals surface area contributed by atoms with E-state index in [1.54, 1.807) is 12.1 Å². The number of rotatable bonds is 10. The van der Waals surface area contributed by atoms with Crippen LogP contribution in [0.25, 0.3) is 5.76 Å². The van der Waals surface area contributed by atoms with E-state index in [0.717, 1.165) is 69.4 Å². The molecule has 4 rings (SSSR count). The van der Waals surface area contributed by atoms with Gasteiger partial charge in [0.1, 0.15) is 27.5 Å². The average molecular weight is 530 g/mol.